The number of aryl methyl sites for hydroxylation is 1. The van der Waals surface area contributed by atoms with Crippen molar-refractivity contribution in [1.29, 1.82) is 0 Å². The Morgan fingerprint density at radius 3 is 2.47 bits per heavy atom. The predicted octanol–water partition coefficient (Wildman–Crippen LogP) is 3.71. The van der Waals surface area contributed by atoms with Crippen LogP contribution in [0.1, 0.15) is 74.1 Å². The lowest BCUT2D eigenvalue weighted by Gasteiger charge is -2.41. The molecule has 0 saturated carbocycles. The first-order chi connectivity index (χ1) is 22.3. The molecule has 4 heterocycles. The molecule has 13 heteroatoms. The van der Waals surface area contributed by atoms with Gasteiger partial charge in [0.2, 0.25) is 0 Å². The number of carbonyl (C=O) groups is 3. The van der Waals surface area contributed by atoms with Gasteiger partial charge < -0.3 is 19.5 Å². The largest absolute Gasteiger partial charge is 0.458 e. The summed E-state index contributed by atoms with van der Waals surface area (Å²) in [4.78, 5) is 46.8. The third-order valence-corrected chi connectivity index (χ3v) is 10.7. The van der Waals surface area contributed by atoms with Crippen LogP contribution in [0.3, 0.4) is 0 Å². The lowest BCUT2D eigenvalue weighted by atomic mass is 9.62. The van der Waals surface area contributed by atoms with Gasteiger partial charge in [0.05, 0.1) is 23.5 Å². The van der Waals surface area contributed by atoms with Crippen molar-refractivity contribution in [3.63, 3.8) is 0 Å². The Morgan fingerprint density at radius 2 is 1.81 bits per heavy atom. The molecule has 0 radical (unpaired) electrons. The number of Topliss-reactive ketones (excluding diaryl/α,β-unsaturated/α-hetero) is 1. The maximum atomic E-state index is 13.6. The van der Waals surface area contributed by atoms with Crippen molar-refractivity contribution >= 4 is 25.7 Å². The maximum absolute atomic E-state index is 13.6. The molecule has 0 spiro atoms. The van der Waals surface area contributed by atoms with E-state index in [1.807, 2.05) is 59.9 Å². The Labute approximate surface area is 280 Å². The lowest BCUT2D eigenvalue weighted by molar-refractivity contribution is -0.170. The highest BCUT2D eigenvalue weighted by atomic mass is 16.6. The molecule has 12 nitrogen and oxygen atoms in total. The van der Waals surface area contributed by atoms with Gasteiger partial charge in [-0.2, -0.15) is 0 Å². The fourth-order valence-corrected chi connectivity index (χ4v) is 7.43. The third-order valence-electron chi connectivity index (χ3n) is 10.7. The van der Waals surface area contributed by atoms with E-state index in [-0.39, 0.29) is 23.6 Å². The number of amides is 1. The van der Waals surface area contributed by atoms with Crippen LogP contribution in [0, 0.1) is 17.8 Å². The van der Waals surface area contributed by atoms with Gasteiger partial charge in [-0.25, -0.2) is 4.79 Å². The first kappa shape index (κ1) is 36.5. The molecule has 2 fully saturated rings. The molecule has 258 valence electrons. The summed E-state index contributed by atoms with van der Waals surface area (Å²) in [5.41, 5.74) is -0.243. The molecule has 2 saturated heterocycles. The number of hydrogen-bond donors (Lipinski definition) is 1. The zero-order valence-electron chi connectivity index (χ0n) is 29.6. The van der Waals surface area contributed by atoms with E-state index in [1.165, 1.54) is 0 Å². The minimum Gasteiger partial charge on any atom is -0.458 e. The Hall–Kier alpha value is -3.32. The van der Waals surface area contributed by atoms with E-state index in [2.05, 4.69) is 34.5 Å². The van der Waals surface area contributed by atoms with Gasteiger partial charge in [0, 0.05) is 38.4 Å². The van der Waals surface area contributed by atoms with Crippen molar-refractivity contribution in [1.82, 2.24) is 30.2 Å². The molecule has 4 rings (SSSR count). The van der Waals surface area contributed by atoms with Crippen molar-refractivity contribution in [3.05, 3.63) is 30.6 Å². The van der Waals surface area contributed by atoms with E-state index in [0.29, 0.717) is 44.6 Å². The molecule has 2 aliphatic rings. The second-order valence-corrected chi connectivity index (χ2v) is 14.0. The Morgan fingerprint density at radius 1 is 1.09 bits per heavy atom. The highest BCUT2D eigenvalue weighted by Gasteiger charge is 2.58. The number of nitrogens with zero attached hydrogens (tertiary/aromatic N) is 5. The van der Waals surface area contributed by atoms with Crippen LogP contribution in [0.5, 0.6) is 0 Å². The second-order valence-electron chi connectivity index (χ2n) is 14.0. The van der Waals surface area contributed by atoms with Crippen molar-refractivity contribution in [2.75, 3.05) is 20.2 Å². The summed E-state index contributed by atoms with van der Waals surface area (Å²) in [6.45, 7) is 15.2. The average Bonchev–Trinajstić information content (AvgIpc) is 3.64. The second kappa shape index (κ2) is 15.3. The number of cyclic esters (lactones) is 1. The summed E-state index contributed by atoms with van der Waals surface area (Å²) in [5.74, 6) is -2.10. The Balaban J connectivity index is 1.54. The molecule has 47 heavy (non-hydrogen) atoms. The normalized spacial score (nSPS) is 34.3. The molecule has 1 N–H and O–H groups in total. The van der Waals surface area contributed by atoms with E-state index < -0.39 is 47.2 Å². The number of ether oxygens (including phenoxy) is 3. The highest BCUT2D eigenvalue weighted by Crippen LogP contribution is 2.40. The average molecular weight is 653 g/mol. The van der Waals surface area contributed by atoms with Crippen LogP contribution in [0.25, 0.3) is 11.4 Å². The molecule has 0 aliphatic carbocycles. The predicted molar refractivity (Wildman–Crippen MR) is 180 cm³/mol. The van der Waals surface area contributed by atoms with Crippen LogP contribution in [0.4, 0.5) is 4.79 Å². The van der Waals surface area contributed by atoms with Crippen LogP contribution in [0.15, 0.2) is 30.6 Å². The molecule has 0 aromatic carbocycles. The molecule has 2 aromatic rings. The number of unbranched alkanes of at least 4 members (excludes halogenated alkanes) is 1. The molecule has 2 aromatic heterocycles. The van der Waals surface area contributed by atoms with Crippen molar-refractivity contribution in [3.8, 4) is 11.4 Å². The minimum atomic E-state index is -1.14. The summed E-state index contributed by atoms with van der Waals surface area (Å²) in [5, 5.41) is 12.2. The molecule has 9 atom stereocenters. The first-order valence-electron chi connectivity index (χ1n) is 17.1. The molecular formula is C34H53BN6O6. The lowest BCUT2D eigenvalue weighted by Crippen LogP contribution is -2.61. The van der Waals surface area contributed by atoms with Gasteiger partial charge in [-0.3, -0.25) is 24.2 Å². The van der Waals surface area contributed by atoms with Gasteiger partial charge in [-0.05, 0) is 83.8 Å². The number of rotatable bonds is 8. The minimum absolute atomic E-state index is 0.130. The zero-order valence-corrected chi connectivity index (χ0v) is 29.6. The summed E-state index contributed by atoms with van der Waals surface area (Å²) in [6.07, 6.45) is 5.01. The Bertz CT molecular complexity index is 1380. The van der Waals surface area contributed by atoms with Gasteiger partial charge in [-0.15, -0.1) is 5.10 Å². The first-order valence-corrected chi connectivity index (χ1v) is 17.1. The number of methoxy groups -OCH3 is 1. The van der Waals surface area contributed by atoms with Crippen LogP contribution in [-0.2, 0) is 30.3 Å². The van der Waals surface area contributed by atoms with E-state index in [0.717, 1.165) is 12.1 Å². The number of ketones is 1. The van der Waals surface area contributed by atoms with Crippen LogP contribution < -0.4 is 5.32 Å². The number of pyridine rings is 1. The SMILES string of the molecule is B[C@@H]1[C@@H](C)C(=O)[C@@H](C)C(=O)O[C@H](CC)[C@@]2(C)OC(=O)N(CCCCn3cc(-c4ccccn4)nn3)[C@@H]2[C@@H](C)NC[C@H](C)C[C@@]1(C)OC. The van der Waals surface area contributed by atoms with Crippen LogP contribution >= 0.6 is 0 Å². The molecule has 2 aliphatic heterocycles. The quantitative estimate of drug-likeness (QED) is 0.195. The van der Waals surface area contributed by atoms with Crippen molar-refractivity contribution in [2.45, 2.75) is 116 Å². The number of carbonyl (C=O) groups excluding carboxylic acids is 3. The van der Waals surface area contributed by atoms with E-state index >= 15 is 0 Å². The molecule has 1 amide bonds. The van der Waals surface area contributed by atoms with Gasteiger partial charge in [0.15, 0.2) is 5.60 Å². The van der Waals surface area contributed by atoms with Gasteiger partial charge in [0.25, 0.3) is 0 Å². The number of esters is 1. The number of hydrogen-bond acceptors (Lipinski definition) is 10. The highest BCUT2D eigenvalue weighted by molar-refractivity contribution is 6.15. The summed E-state index contributed by atoms with van der Waals surface area (Å²) in [7, 11) is 3.70. The number of nitrogens with one attached hydrogen (secondary N) is 1. The molecule has 0 bridgehead atoms. The topological polar surface area (TPSA) is 138 Å². The summed E-state index contributed by atoms with van der Waals surface area (Å²) < 4.78 is 20.0. The van der Waals surface area contributed by atoms with E-state index in [4.69, 9.17) is 14.2 Å². The number of fused-ring (bicyclic) bond motifs is 1. The summed E-state index contributed by atoms with van der Waals surface area (Å²) in [6, 6.07) is 5.05. The molecular weight excluding hydrogens is 599 g/mol. The third kappa shape index (κ3) is 7.88. The van der Waals surface area contributed by atoms with Crippen LogP contribution in [-0.4, -0.2) is 100 Å². The van der Waals surface area contributed by atoms with Gasteiger partial charge in [0.1, 0.15) is 31.3 Å². The smallest absolute Gasteiger partial charge is 0.410 e. The maximum Gasteiger partial charge on any atom is 0.410 e. The Kier molecular flexibility index (Phi) is 11.9. The van der Waals surface area contributed by atoms with E-state index in [1.54, 1.807) is 29.8 Å². The van der Waals surface area contributed by atoms with Crippen molar-refractivity contribution in [2.24, 2.45) is 17.8 Å². The monoisotopic (exact) mass is 652 g/mol. The summed E-state index contributed by atoms with van der Waals surface area (Å²) >= 11 is 0. The fraction of sp³-hybridized carbons (Fsp3) is 0.706. The van der Waals surface area contributed by atoms with Crippen molar-refractivity contribution < 1.29 is 28.6 Å². The van der Waals surface area contributed by atoms with Gasteiger partial charge in [-0.1, -0.05) is 32.1 Å². The van der Waals surface area contributed by atoms with E-state index in [9.17, 15) is 14.4 Å². The number of aromatic nitrogens is 4. The van der Waals surface area contributed by atoms with Gasteiger partial charge >= 0.3 is 12.1 Å². The van der Waals surface area contributed by atoms with Crippen LogP contribution in [0.2, 0.25) is 5.82 Å². The standard InChI is InChI=1S/C34H53BN6O6/c1-9-27-34(7)30(41(32(44)47-34)17-13-12-16-40-20-26(38-39-40)25-14-10-11-15-36-25)24(5)37-19-21(2)18-33(6,45-8)29(35)22(3)28(42)23(4)31(43)46-27/h10-11,14-15,20-24,27,29-30,37H,9,12-13,16-19,35H2,1-8H3/t21-,22+,23-,24-,27-,29-,30-,33-,34-/m1/s1. The fourth-order valence-electron chi connectivity index (χ4n) is 7.43. The molecule has 0 unspecified atom stereocenters. The zero-order chi connectivity index (χ0) is 34.5.